The lowest BCUT2D eigenvalue weighted by Gasteiger charge is -2.39. The molecule has 0 N–H and O–H groups in total. The van der Waals surface area contributed by atoms with Crippen LogP contribution in [0.5, 0.6) is 0 Å². The Bertz CT molecular complexity index is 728. The Morgan fingerprint density at radius 3 is 1.21 bits per heavy atom. The lowest BCUT2D eigenvalue weighted by Crippen LogP contribution is -2.54. The third-order valence-corrected chi connectivity index (χ3v) is 5.86. The van der Waals surface area contributed by atoms with E-state index in [0.717, 1.165) is 0 Å². The first-order valence-corrected chi connectivity index (χ1v) is 9.70. The van der Waals surface area contributed by atoms with Crippen molar-refractivity contribution in [1.82, 2.24) is 9.80 Å². The van der Waals surface area contributed by atoms with Crippen molar-refractivity contribution in [2.24, 2.45) is 0 Å². The first-order valence-electron chi connectivity index (χ1n) is 9.70. The van der Waals surface area contributed by atoms with Gasteiger partial charge in [-0.2, -0.15) is 0 Å². The minimum atomic E-state index is -0.629. The zero-order valence-electron chi connectivity index (χ0n) is 17.9. The van der Waals surface area contributed by atoms with E-state index in [0.29, 0.717) is 24.2 Å². The second-order valence-electron chi connectivity index (χ2n) is 8.35. The van der Waals surface area contributed by atoms with Crippen molar-refractivity contribution in [1.29, 1.82) is 0 Å². The third-order valence-electron chi connectivity index (χ3n) is 5.86. The van der Waals surface area contributed by atoms with E-state index in [1.54, 1.807) is 0 Å². The maximum Gasteiger partial charge on any atom is 0.182 e. The molecule has 0 saturated carbocycles. The Labute approximate surface area is 169 Å². The summed E-state index contributed by atoms with van der Waals surface area (Å²) in [5.41, 5.74) is 0.172. The zero-order valence-corrected chi connectivity index (χ0v) is 17.9. The van der Waals surface area contributed by atoms with Crippen molar-refractivity contribution in [2.75, 3.05) is 27.2 Å². The van der Waals surface area contributed by atoms with E-state index >= 15 is 0 Å². The van der Waals surface area contributed by atoms with Crippen LogP contribution < -0.4 is 0 Å². The van der Waals surface area contributed by atoms with Crippen LogP contribution in [0.15, 0.2) is 60.7 Å². The molecule has 0 aliphatic carbocycles. The van der Waals surface area contributed by atoms with Gasteiger partial charge in [-0.1, -0.05) is 60.7 Å². The van der Waals surface area contributed by atoms with Gasteiger partial charge in [-0.3, -0.25) is 19.4 Å². The second kappa shape index (κ2) is 8.80. The highest BCUT2D eigenvalue weighted by molar-refractivity contribution is 6.03. The Hall–Kier alpha value is -2.30. The predicted molar refractivity (Wildman–Crippen MR) is 115 cm³/mol. The van der Waals surface area contributed by atoms with Crippen LogP contribution in [-0.4, -0.2) is 59.6 Å². The van der Waals surface area contributed by atoms with Gasteiger partial charge in [-0.15, -0.1) is 0 Å². The van der Waals surface area contributed by atoms with Gasteiger partial charge in [0, 0.05) is 24.2 Å². The molecule has 0 unspecified atom stereocenters. The molecular weight excluding hydrogens is 348 g/mol. The Kier molecular flexibility index (Phi) is 6.91. The normalized spacial score (nSPS) is 12.4. The average molecular weight is 381 g/mol. The molecule has 0 amide bonds. The van der Waals surface area contributed by atoms with Gasteiger partial charge in [0.05, 0.1) is 11.1 Å². The predicted octanol–water partition coefficient (Wildman–Crippen LogP) is 4.17. The summed E-state index contributed by atoms with van der Waals surface area (Å²) < 4.78 is 0. The summed E-state index contributed by atoms with van der Waals surface area (Å²) in [6, 6.07) is 18.8. The zero-order chi connectivity index (χ0) is 20.9. The van der Waals surface area contributed by atoms with Crippen molar-refractivity contribution in [2.45, 2.75) is 38.8 Å². The van der Waals surface area contributed by atoms with Gasteiger partial charge in [0.2, 0.25) is 0 Å². The minimum absolute atomic E-state index is 0.0953. The summed E-state index contributed by atoms with van der Waals surface area (Å²) in [4.78, 5) is 30.0. The van der Waals surface area contributed by atoms with Crippen LogP contribution in [0.2, 0.25) is 0 Å². The van der Waals surface area contributed by atoms with Crippen LogP contribution in [0, 0.1) is 0 Å². The number of hydrogen-bond donors (Lipinski definition) is 0. The SMILES string of the molecule is CN(CCN(C)C(C)(C)C(=O)c1ccccc1)C(C)(C)C(=O)c1ccccc1. The second-order valence-corrected chi connectivity index (χ2v) is 8.35. The standard InChI is InChI=1S/C24H32N2O2/c1-23(2,21(27)19-13-9-7-10-14-19)25(5)17-18-26(6)24(3,4)22(28)20-15-11-8-12-16-20/h7-16H,17-18H2,1-6H3. The molecule has 0 spiro atoms. The fourth-order valence-electron chi connectivity index (χ4n) is 3.09. The van der Waals surface area contributed by atoms with Gasteiger partial charge in [-0.25, -0.2) is 0 Å². The average Bonchev–Trinajstić information content (AvgIpc) is 2.71. The van der Waals surface area contributed by atoms with Gasteiger partial charge in [-0.05, 0) is 41.8 Å². The quantitative estimate of drug-likeness (QED) is 0.612. The van der Waals surface area contributed by atoms with Crippen LogP contribution in [-0.2, 0) is 0 Å². The van der Waals surface area contributed by atoms with Crippen molar-refractivity contribution >= 4 is 11.6 Å². The van der Waals surface area contributed by atoms with Crippen LogP contribution in [0.1, 0.15) is 48.4 Å². The Morgan fingerprint density at radius 1 is 0.643 bits per heavy atom. The summed E-state index contributed by atoms with van der Waals surface area (Å²) in [7, 11) is 3.92. The molecule has 0 aliphatic heterocycles. The highest BCUT2D eigenvalue weighted by Crippen LogP contribution is 2.22. The molecule has 4 heteroatoms. The van der Waals surface area contributed by atoms with Gasteiger partial charge < -0.3 is 0 Å². The summed E-state index contributed by atoms with van der Waals surface area (Å²) in [6.45, 7) is 9.14. The lowest BCUT2D eigenvalue weighted by atomic mass is 9.90. The van der Waals surface area contributed by atoms with Crippen LogP contribution in [0.4, 0.5) is 0 Å². The van der Waals surface area contributed by atoms with Crippen LogP contribution in [0.25, 0.3) is 0 Å². The topological polar surface area (TPSA) is 40.6 Å². The van der Waals surface area contributed by atoms with E-state index in [4.69, 9.17) is 0 Å². The van der Waals surface area contributed by atoms with Gasteiger partial charge in [0.15, 0.2) is 11.6 Å². The molecule has 2 rings (SSSR count). The molecule has 2 aromatic carbocycles. The van der Waals surface area contributed by atoms with E-state index in [9.17, 15) is 9.59 Å². The number of rotatable bonds is 9. The Balaban J connectivity index is 2.03. The first-order chi connectivity index (χ1) is 13.1. The van der Waals surface area contributed by atoms with E-state index in [1.165, 1.54) is 0 Å². The maximum atomic E-state index is 12.9. The summed E-state index contributed by atoms with van der Waals surface area (Å²) in [6.07, 6.45) is 0. The molecule has 0 fully saturated rings. The fraction of sp³-hybridized carbons (Fsp3) is 0.417. The largest absolute Gasteiger partial charge is 0.293 e. The molecule has 0 saturated heterocycles. The minimum Gasteiger partial charge on any atom is -0.293 e. The third kappa shape index (κ3) is 4.75. The number of likely N-dealkylation sites (N-methyl/N-ethyl adjacent to an activating group) is 2. The van der Waals surface area contributed by atoms with E-state index in [1.807, 2.05) is 102 Å². The smallest absolute Gasteiger partial charge is 0.182 e. The highest BCUT2D eigenvalue weighted by Gasteiger charge is 2.35. The molecular formula is C24H32N2O2. The lowest BCUT2D eigenvalue weighted by molar-refractivity contribution is 0.0576. The molecule has 0 aliphatic rings. The molecule has 0 bridgehead atoms. The summed E-state index contributed by atoms with van der Waals surface area (Å²) in [5.74, 6) is 0.191. The van der Waals surface area contributed by atoms with Gasteiger partial charge in [0.25, 0.3) is 0 Å². The number of nitrogens with zero attached hydrogens (tertiary/aromatic N) is 2. The maximum absolute atomic E-state index is 12.9. The molecule has 28 heavy (non-hydrogen) atoms. The van der Waals surface area contributed by atoms with E-state index in [2.05, 4.69) is 9.80 Å². The highest BCUT2D eigenvalue weighted by atomic mass is 16.1. The van der Waals surface area contributed by atoms with Crippen molar-refractivity contribution < 1.29 is 9.59 Å². The Morgan fingerprint density at radius 2 is 0.929 bits per heavy atom. The van der Waals surface area contributed by atoms with Crippen LogP contribution >= 0.6 is 0 Å². The van der Waals surface area contributed by atoms with E-state index in [-0.39, 0.29) is 11.6 Å². The molecule has 0 aromatic heterocycles. The molecule has 2 aromatic rings. The molecule has 0 radical (unpaired) electrons. The van der Waals surface area contributed by atoms with Crippen LogP contribution in [0.3, 0.4) is 0 Å². The monoisotopic (exact) mass is 380 g/mol. The van der Waals surface area contributed by atoms with Crippen molar-refractivity contribution in [3.8, 4) is 0 Å². The van der Waals surface area contributed by atoms with Crippen molar-refractivity contribution in [3.05, 3.63) is 71.8 Å². The first kappa shape index (κ1) is 22.0. The molecule has 0 heterocycles. The number of Topliss-reactive ketones (excluding diaryl/α,β-unsaturated/α-hetero) is 2. The number of hydrogen-bond acceptors (Lipinski definition) is 4. The van der Waals surface area contributed by atoms with E-state index < -0.39 is 11.1 Å². The molecule has 0 atom stereocenters. The number of carbonyl (C=O) groups is 2. The van der Waals surface area contributed by atoms with Gasteiger partial charge >= 0.3 is 0 Å². The fourth-order valence-corrected chi connectivity index (χ4v) is 3.09. The summed E-state index contributed by atoms with van der Waals surface area (Å²) in [5, 5.41) is 0. The number of carbonyl (C=O) groups excluding carboxylic acids is 2. The molecule has 4 nitrogen and oxygen atoms in total. The number of ketones is 2. The molecule has 150 valence electrons. The van der Waals surface area contributed by atoms with Crippen molar-refractivity contribution in [3.63, 3.8) is 0 Å². The van der Waals surface area contributed by atoms with Gasteiger partial charge in [0.1, 0.15) is 0 Å². The summed E-state index contributed by atoms with van der Waals surface area (Å²) >= 11 is 0. The number of benzene rings is 2.